The number of aliphatic hydroxyl groups is 1. The highest BCUT2D eigenvalue weighted by molar-refractivity contribution is 9.10. The van der Waals surface area contributed by atoms with E-state index in [1.54, 1.807) is 6.07 Å². The normalized spacial score (nSPS) is 11.7. The molecular weight excluding hydrogens is 320 g/mol. The second-order valence-electron chi connectivity index (χ2n) is 3.66. The standard InChI is InChI=1S/C11H13BrN2O5/c1-19-11(18)8(15)4-13-9(16)6-14-5-7(12)2-3-10(14)17/h2-3,5,8,15H,4,6H2,1H3,(H,13,16). The molecule has 0 saturated carbocycles. The number of aliphatic hydroxyl groups excluding tert-OH is 1. The van der Waals surface area contributed by atoms with Gasteiger partial charge in [0.1, 0.15) is 6.54 Å². The van der Waals surface area contributed by atoms with Gasteiger partial charge >= 0.3 is 5.97 Å². The lowest BCUT2D eigenvalue weighted by Gasteiger charge is -2.10. The van der Waals surface area contributed by atoms with Crippen LogP contribution in [0.2, 0.25) is 0 Å². The lowest BCUT2D eigenvalue weighted by Crippen LogP contribution is -2.39. The molecule has 0 fully saturated rings. The summed E-state index contributed by atoms with van der Waals surface area (Å²) in [6.45, 7) is -0.472. The van der Waals surface area contributed by atoms with Gasteiger partial charge in [0.15, 0.2) is 6.10 Å². The maximum absolute atomic E-state index is 11.5. The van der Waals surface area contributed by atoms with Crippen molar-refractivity contribution in [2.24, 2.45) is 0 Å². The van der Waals surface area contributed by atoms with Crippen LogP contribution in [0.5, 0.6) is 0 Å². The Morgan fingerprint density at radius 2 is 2.21 bits per heavy atom. The Hall–Kier alpha value is -1.67. The maximum atomic E-state index is 11.5. The molecule has 2 N–H and O–H groups in total. The van der Waals surface area contributed by atoms with Gasteiger partial charge < -0.3 is 19.7 Å². The van der Waals surface area contributed by atoms with Crippen LogP contribution in [0.3, 0.4) is 0 Å². The number of rotatable bonds is 5. The van der Waals surface area contributed by atoms with Crippen molar-refractivity contribution in [3.05, 3.63) is 33.2 Å². The number of carbonyl (C=O) groups is 2. The molecule has 1 aromatic rings. The van der Waals surface area contributed by atoms with Gasteiger partial charge in [-0.25, -0.2) is 4.79 Å². The Bertz CT molecular complexity index is 528. The smallest absolute Gasteiger partial charge is 0.336 e. The largest absolute Gasteiger partial charge is 0.467 e. The van der Waals surface area contributed by atoms with E-state index in [1.165, 1.54) is 16.8 Å². The Balaban J connectivity index is 2.54. The summed E-state index contributed by atoms with van der Waals surface area (Å²) in [4.78, 5) is 33.9. The Morgan fingerprint density at radius 3 is 2.84 bits per heavy atom. The van der Waals surface area contributed by atoms with Crippen LogP contribution in [-0.2, 0) is 20.9 Å². The van der Waals surface area contributed by atoms with E-state index in [4.69, 9.17) is 0 Å². The zero-order chi connectivity index (χ0) is 14.4. The molecular formula is C11H13BrN2O5. The third-order valence-electron chi connectivity index (χ3n) is 2.23. The minimum atomic E-state index is -1.42. The predicted octanol–water partition coefficient (Wildman–Crippen LogP) is -0.739. The lowest BCUT2D eigenvalue weighted by molar-refractivity contribution is -0.150. The van der Waals surface area contributed by atoms with Crippen molar-refractivity contribution in [1.29, 1.82) is 0 Å². The van der Waals surface area contributed by atoms with Crippen molar-refractivity contribution in [3.8, 4) is 0 Å². The summed E-state index contributed by atoms with van der Waals surface area (Å²) in [7, 11) is 1.13. The Morgan fingerprint density at radius 1 is 1.53 bits per heavy atom. The van der Waals surface area contributed by atoms with Crippen molar-refractivity contribution in [1.82, 2.24) is 9.88 Å². The number of amides is 1. The fourth-order valence-corrected chi connectivity index (χ4v) is 1.65. The summed E-state index contributed by atoms with van der Waals surface area (Å²) >= 11 is 3.18. The molecule has 7 nitrogen and oxygen atoms in total. The predicted molar refractivity (Wildman–Crippen MR) is 69.4 cm³/mol. The van der Waals surface area contributed by atoms with Crippen molar-refractivity contribution in [3.63, 3.8) is 0 Å². The van der Waals surface area contributed by atoms with Crippen molar-refractivity contribution < 1.29 is 19.4 Å². The second kappa shape index (κ2) is 7.05. The Labute approximate surface area is 117 Å². The van der Waals surface area contributed by atoms with Gasteiger partial charge in [0.25, 0.3) is 5.56 Å². The summed E-state index contributed by atoms with van der Waals surface area (Å²) in [5.74, 6) is -1.33. The van der Waals surface area contributed by atoms with Gasteiger partial charge in [0.05, 0.1) is 13.7 Å². The van der Waals surface area contributed by atoms with Crippen LogP contribution in [0.25, 0.3) is 0 Å². The van der Waals surface area contributed by atoms with Crippen molar-refractivity contribution in [2.45, 2.75) is 12.6 Å². The van der Waals surface area contributed by atoms with E-state index in [-0.39, 0.29) is 18.6 Å². The number of aromatic nitrogens is 1. The minimum absolute atomic E-state index is 0.202. The molecule has 1 rings (SSSR count). The average molecular weight is 333 g/mol. The number of nitrogens with zero attached hydrogens (tertiary/aromatic N) is 1. The molecule has 0 saturated heterocycles. The molecule has 0 radical (unpaired) electrons. The first-order valence-corrected chi connectivity index (χ1v) is 6.12. The molecule has 0 aliphatic rings. The first-order chi connectivity index (χ1) is 8.93. The van der Waals surface area contributed by atoms with Crippen molar-refractivity contribution >= 4 is 27.8 Å². The van der Waals surface area contributed by atoms with Gasteiger partial charge in [0, 0.05) is 16.7 Å². The van der Waals surface area contributed by atoms with E-state index in [0.717, 1.165) is 7.11 Å². The first-order valence-electron chi connectivity index (χ1n) is 5.32. The van der Waals surface area contributed by atoms with Gasteiger partial charge in [-0.05, 0) is 22.0 Å². The molecule has 1 aromatic heterocycles. The number of ether oxygens (including phenoxy) is 1. The molecule has 0 aromatic carbocycles. The van der Waals surface area contributed by atoms with E-state index in [0.29, 0.717) is 4.47 Å². The van der Waals surface area contributed by atoms with E-state index < -0.39 is 18.0 Å². The van der Waals surface area contributed by atoms with Crippen LogP contribution in [0.1, 0.15) is 0 Å². The second-order valence-corrected chi connectivity index (χ2v) is 4.57. The molecule has 0 aliphatic carbocycles. The number of pyridine rings is 1. The van der Waals surface area contributed by atoms with Crippen molar-refractivity contribution in [2.75, 3.05) is 13.7 Å². The summed E-state index contributed by atoms with van der Waals surface area (Å²) in [6, 6.07) is 2.89. The third-order valence-corrected chi connectivity index (χ3v) is 2.70. The highest BCUT2D eigenvalue weighted by atomic mass is 79.9. The van der Waals surface area contributed by atoms with Gasteiger partial charge in [-0.3, -0.25) is 9.59 Å². The lowest BCUT2D eigenvalue weighted by atomic mass is 10.3. The number of carbonyl (C=O) groups excluding carboxylic acids is 2. The molecule has 1 atom stereocenters. The molecule has 0 aliphatic heterocycles. The fourth-order valence-electron chi connectivity index (χ4n) is 1.27. The molecule has 19 heavy (non-hydrogen) atoms. The van der Waals surface area contributed by atoms with Crippen LogP contribution < -0.4 is 10.9 Å². The van der Waals surface area contributed by atoms with Crippen LogP contribution >= 0.6 is 15.9 Å². The van der Waals surface area contributed by atoms with Gasteiger partial charge in [-0.2, -0.15) is 0 Å². The Kier molecular flexibility index (Phi) is 5.71. The fraction of sp³-hybridized carbons (Fsp3) is 0.364. The van der Waals surface area contributed by atoms with E-state index >= 15 is 0 Å². The molecule has 1 heterocycles. The van der Waals surface area contributed by atoms with Crippen LogP contribution in [-0.4, -0.2) is 41.3 Å². The van der Waals surface area contributed by atoms with Gasteiger partial charge in [0.2, 0.25) is 5.91 Å². The quantitative estimate of drug-likeness (QED) is 0.692. The van der Waals surface area contributed by atoms with E-state index in [1.807, 2.05) is 0 Å². The highest BCUT2D eigenvalue weighted by Crippen LogP contribution is 2.04. The molecule has 104 valence electrons. The zero-order valence-corrected chi connectivity index (χ0v) is 11.7. The number of hydrogen-bond donors (Lipinski definition) is 2. The summed E-state index contributed by atoms with van der Waals surface area (Å²) in [5.41, 5.74) is -0.327. The van der Waals surface area contributed by atoms with Gasteiger partial charge in [-0.1, -0.05) is 0 Å². The van der Waals surface area contributed by atoms with E-state index in [9.17, 15) is 19.5 Å². The highest BCUT2D eigenvalue weighted by Gasteiger charge is 2.16. The number of halogens is 1. The van der Waals surface area contributed by atoms with E-state index in [2.05, 4.69) is 26.0 Å². The number of methoxy groups -OCH3 is 1. The SMILES string of the molecule is COC(=O)C(O)CNC(=O)Cn1cc(Br)ccc1=O. The minimum Gasteiger partial charge on any atom is -0.467 e. The average Bonchev–Trinajstić information content (AvgIpc) is 2.39. The summed E-state index contributed by atoms with van der Waals surface area (Å²) in [6.07, 6.45) is 0.0479. The number of esters is 1. The topological polar surface area (TPSA) is 97.6 Å². The molecule has 8 heteroatoms. The first kappa shape index (κ1) is 15.4. The molecule has 1 unspecified atom stereocenters. The third kappa shape index (κ3) is 4.84. The number of nitrogens with one attached hydrogen (secondary N) is 1. The molecule has 0 bridgehead atoms. The van der Waals surface area contributed by atoms with Crippen LogP contribution in [0, 0.1) is 0 Å². The zero-order valence-electron chi connectivity index (χ0n) is 10.1. The molecule has 1 amide bonds. The number of hydrogen-bond acceptors (Lipinski definition) is 5. The molecule has 0 spiro atoms. The van der Waals surface area contributed by atoms with Crippen LogP contribution in [0.15, 0.2) is 27.6 Å². The van der Waals surface area contributed by atoms with Crippen LogP contribution in [0.4, 0.5) is 0 Å². The van der Waals surface area contributed by atoms with Gasteiger partial charge in [-0.15, -0.1) is 0 Å². The summed E-state index contributed by atoms with van der Waals surface area (Å²) in [5, 5.41) is 11.6. The summed E-state index contributed by atoms with van der Waals surface area (Å²) < 4.78 is 6.16. The maximum Gasteiger partial charge on any atom is 0.336 e. The monoisotopic (exact) mass is 332 g/mol.